The molecule has 3 rings (SSSR count). The lowest BCUT2D eigenvalue weighted by molar-refractivity contribution is -0.116. The first-order chi connectivity index (χ1) is 13.1. The van der Waals surface area contributed by atoms with E-state index < -0.39 is 0 Å². The number of rotatable bonds is 6. The molecule has 0 aliphatic rings. The number of amides is 1. The number of benzene rings is 2. The maximum absolute atomic E-state index is 12.6. The van der Waals surface area contributed by atoms with E-state index in [2.05, 4.69) is 10.3 Å². The summed E-state index contributed by atoms with van der Waals surface area (Å²) in [4.78, 5) is 29.7. The van der Waals surface area contributed by atoms with E-state index in [0.717, 1.165) is 5.56 Å². The molecular formula is C21H21N3O3. The molecule has 6 heteroatoms. The van der Waals surface area contributed by atoms with Crippen molar-refractivity contribution in [1.29, 1.82) is 0 Å². The predicted molar refractivity (Wildman–Crippen MR) is 105 cm³/mol. The number of anilines is 1. The molecule has 0 atom stereocenters. The van der Waals surface area contributed by atoms with Crippen molar-refractivity contribution in [3.05, 3.63) is 76.7 Å². The summed E-state index contributed by atoms with van der Waals surface area (Å²) in [5.74, 6) is 0.894. The summed E-state index contributed by atoms with van der Waals surface area (Å²) in [5, 5.41) is 2.79. The molecule has 6 nitrogen and oxygen atoms in total. The van der Waals surface area contributed by atoms with E-state index in [0.29, 0.717) is 29.4 Å². The molecule has 1 amide bonds. The van der Waals surface area contributed by atoms with E-state index in [1.165, 1.54) is 10.6 Å². The van der Waals surface area contributed by atoms with Gasteiger partial charge in [0.1, 0.15) is 18.1 Å². The third-order valence-electron chi connectivity index (χ3n) is 4.13. The number of aromatic nitrogens is 2. The van der Waals surface area contributed by atoms with Crippen LogP contribution in [0.15, 0.2) is 65.5 Å². The van der Waals surface area contributed by atoms with E-state index in [9.17, 15) is 9.59 Å². The van der Waals surface area contributed by atoms with Crippen LogP contribution in [0.5, 0.6) is 5.75 Å². The van der Waals surface area contributed by atoms with E-state index in [1.807, 2.05) is 37.3 Å². The summed E-state index contributed by atoms with van der Waals surface area (Å²) in [7, 11) is 1.58. The summed E-state index contributed by atoms with van der Waals surface area (Å²) < 4.78 is 6.50. The van der Waals surface area contributed by atoms with Gasteiger partial charge in [0.05, 0.1) is 7.11 Å². The molecule has 0 spiro atoms. The van der Waals surface area contributed by atoms with Crippen LogP contribution in [0.4, 0.5) is 5.69 Å². The van der Waals surface area contributed by atoms with Crippen molar-refractivity contribution in [3.8, 4) is 17.1 Å². The van der Waals surface area contributed by atoms with Crippen molar-refractivity contribution in [2.75, 3.05) is 12.4 Å². The number of ether oxygens (including phenoxy) is 1. The number of nitrogens with zero attached hydrogens (tertiary/aromatic N) is 2. The van der Waals surface area contributed by atoms with Gasteiger partial charge in [0.25, 0.3) is 5.56 Å². The van der Waals surface area contributed by atoms with E-state index >= 15 is 0 Å². The first kappa shape index (κ1) is 18.4. The normalized spacial score (nSPS) is 10.4. The quantitative estimate of drug-likeness (QED) is 0.730. The van der Waals surface area contributed by atoms with Crippen LogP contribution in [0.25, 0.3) is 11.4 Å². The zero-order valence-electron chi connectivity index (χ0n) is 15.3. The van der Waals surface area contributed by atoms with E-state index in [-0.39, 0.29) is 18.0 Å². The number of nitrogens with one attached hydrogen (secondary N) is 1. The number of hydrogen-bond donors (Lipinski definition) is 1. The highest BCUT2D eigenvalue weighted by molar-refractivity contribution is 5.90. The Hall–Kier alpha value is -3.41. The average molecular weight is 363 g/mol. The second-order valence-electron chi connectivity index (χ2n) is 5.99. The number of carbonyl (C=O) groups is 1. The first-order valence-corrected chi connectivity index (χ1v) is 8.70. The van der Waals surface area contributed by atoms with Crippen LogP contribution in [0.2, 0.25) is 0 Å². The second kappa shape index (κ2) is 8.31. The van der Waals surface area contributed by atoms with Gasteiger partial charge in [0.15, 0.2) is 0 Å². The molecule has 3 aromatic rings. The van der Waals surface area contributed by atoms with Crippen molar-refractivity contribution in [3.63, 3.8) is 0 Å². The Balaban J connectivity index is 1.89. The number of hydrogen-bond acceptors (Lipinski definition) is 4. The Morgan fingerprint density at radius 3 is 2.44 bits per heavy atom. The SMILES string of the molecule is CCc1cc(=O)n(CC(=O)Nc2ccc(OC)cc2)c(-c2ccccc2)n1. The van der Waals surface area contributed by atoms with E-state index in [4.69, 9.17) is 4.74 Å². The summed E-state index contributed by atoms with van der Waals surface area (Å²) >= 11 is 0. The van der Waals surface area contributed by atoms with Crippen LogP contribution >= 0.6 is 0 Å². The third kappa shape index (κ3) is 4.41. The molecule has 0 aliphatic carbocycles. The largest absolute Gasteiger partial charge is 0.497 e. The van der Waals surface area contributed by atoms with E-state index in [1.54, 1.807) is 31.4 Å². The molecule has 0 fully saturated rings. The molecule has 27 heavy (non-hydrogen) atoms. The third-order valence-corrected chi connectivity index (χ3v) is 4.13. The molecule has 0 aliphatic heterocycles. The van der Waals surface area contributed by atoms with Gasteiger partial charge in [-0.2, -0.15) is 0 Å². The predicted octanol–water partition coefficient (Wildman–Crippen LogP) is 3.12. The average Bonchev–Trinajstić information content (AvgIpc) is 2.70. The molecule has 1 aromatic heterocycles. The molecule has 0 bridgehead atoms. The fourth-order valence-electron chi connectivity index (χ4n) is 2.71. The first-order valence-electron chi connectivity index (χ1n) is 8.70. The smallest absolute Gasteiger partial charge is 0.254 e. The minimum atomic E-state index is -0.300. The standard InChI is InChI=1S/C21H21N3O3/c1-3-16-13-20(26)24(21(23-16)15-7-5-4-6-8-15)14-19(25)22-17-9-11-18(27-2)12-10-17/h4-13H,3,14H2,1-2H3,(H,22,25). The van der Waals surface area contributed by atoms with Gasteiger partial charge in [0, 0.05) is 23.0 Å². The van der Waals surface area contributed by atoms with Crippen molar-refractivity contribution < 1.29 is 9.53 Å². The van der Waals surface area contributed by atoms with Crippen LogP contribution in [0.1, 0.15) is 12.6 Å². The lowest BCUT2D eigenvalue weighted by atomic mass is 10.2. The molecule has 138 valence electrons. The summed E-state index contributed by atoms with van der Waals surface area (Å²) in [6.07, 6.45) is 0.647. The molecule has 0 unspecified atom stereocenters. The monoisotopic (exact) mass is 363 g/mol. The maximum Gasteiger partial charge on any atom is 0.254 e. The zero-order valence-corrected chi connectivity index (χ0v) is 15.3. The summed E-state index contributed by atoms with van der Waals surface area (Å²) in [5.41, 5.74) is 1.88. The Labute approximate surface area is 157 Å². The summed E-state index contributed by atoms with van der Waals surface area (Å²) in [6.45, 7) is 1.82. The molecular weight excluding hydrogens is 342 g/mol. The van der Waals surface area contributed by atoms with Crippen LogP contribution in [-0.2, 0) is 17.8 Å². The highest BCUT2D eigenvalue weighted by Gasteiger charge is 2.14. The van der Waals surface area contributed by atoms with Gasteiger partial charge in [-0.3, -0.25) is 14.2 Å². The molecule has 0 radical (unpaired) electrons. The van der Waals surface area contributed by atoms with Crippen molar-refractivity contribution >= 4 is 11.6 Å². The highest BCUT2D eigenvalue weighted by atomic mass is 16.5. The van der Waals surface area contributed by atoms with Crippen LogP contribution < -0.4 is 15.6 Å². The Kier molecular flexibility index (Phi) is 5.66. The van der Waals surface area contributed by atoms with Crippen LogP contribution in [0, 0.1) is 0 Å². The Morgan fingerprint density at radius 2 is 1.81 bits per heavy atom. The van der Waals surface area contributed by atoms with Gasteiger partial charge in [0.2, 0.25) is 5.91 Å². The van der Waals surface area contributed by atoms with Gasteiger partial charge in [-0.1, -0.05) is 37.3 Å². The zero-order chi connectivity index (χ0) is 19.2. The molecule has 0 saturated heterocycles. The fraction of sp³-hybridized carbons (Fsp3) is 0.190. The highest BCUT2D eigenvalue weighted by Crippen LogP contribution is 2.17. The van der Waals surface area contributed by atoms with Gasteiger partial charge in [-0.05, 0) is 30.7 Å². The van der Waals surface area contributed by atoms with Crippen molar-refractivity contribution in [1.82, 2.24) is 9.55 Å². The number of carbonyl (C=O) groups excluding carboxylic acids is 1. The summed E-state index contributed by atoms with van der Waals surface area (Å²) in [6, 6.07) is 17.9. The molecule has 1 N–H and O–H groups in total. The molecule has 1 heterocycles. The number of aryl methyl sites for hydroxylation is 1. The minimum absolute atomic E-state index is 0.119. The lowest BCUT2D eigenvalue weighted by Crippen LogP contribution is -2.30. The second-order valence-corrected chi connectivity index (χ2v) is 5.99. The van der Waals surface area contributed by atoms with Gasteiger partial charge < -0.3 is 10.1 Å². The number of methoxy groups -OCH3 is 1. The Morgan fingerprint density at radius 1 is 1.11 bits per heavy atom. The van der Waals surface area contributed by atoms with Crippen molar-refractivity contribution in [2.45, 2.75) is 19.9 Å². The Bertz CT molecular complexity index is 980. The maximum atomic E-state index is 12.6. The van der Waals surface area contributed by atoms with Gasteiger partial charge in [-0.25, -0.2) is 4.98 Å². The van der Waals surface area contributed by atoms with Gasteiger partial charge >= 0.3 is 0 Å². The fourth-order valence-corrected chi connectivity index (χ4v) is 2.71. The lowest BCUT2D eigenvalue weighted by Gasteiger charge is -2.13. The van der Waals surface area contributed by atoms with Crippen LogP contribution in [0.3, 0.4) is 0 Å². The molecule has 2 aromatic carbocycles. The van der Waals surface area contributed by atoms with Crippen LogP contribution in [-0.4, -0.2) is 22.6 Å². The van der Waals surface area contributed by atoms with Gasteiger partial charge in [-0.15, -0.1) is 0 Å². The van der Waals surface area contributed by atoms with Crippen molar-refractivity contribution in [2.24, 2.45) is 0 Å². The topological polar surface area (TPSA) is 73.2 Å². The minimum Gasteiger partial charge on any atom is -0.497 e. The molecule has 0 saturated carbocycles.